The molecule has 1 aliphatic rings. The molecule has 4 aromatic carbocycles. The van der Waals surface area contributed by atoms with Crippen LogP contribution in [0.25, 0.3) is 0 Å². The van der Waals surface area contributed by atoms with E-state index >= 15 is 0 Å². The first kappa shape index (κ1) is 68.5. The molecule has 2 heteroatoms. The number of benzene rings is 4. The lowest BCUT2D eigenvalue weighted by molar-refractivity contribution is 0.483. The van der Waals surface area contributed by atoms with Crippen LogP contribution in [0.3, 0.4) is 0 Å². The molecule has 0 nitrogen and oxygen atoms in total. The van der Waals surface area contributed by atoms with Crippen molar-refractivity contribution in [2.75, 3.05) is 0 Å². The smallest absolute Gasteiger partial charge is 0.0267 e. The Bertz CT molecular complexity index is 2030. The first-order valence-corrected chi connectivity index (χ1v) is 38.1. The summed E-state index contributed by atoms with van der Waals surface area (Å²) in [7, 11) is -1.65. The quantitative estimate of drug-likeness (QED) is 0.0388. The highest BCUT2D eigenvalue weighted by atomic mass is 31.2. The summed E-state index contributed by atoms with van der Waals surface area (Å²) in [6, 6.07) is 22.6. The van der Waals surface area contributed by atoms with Gasteiger partial charge >= 0.3 is 0 Å². The average molecular weight is 1130 g/mol. The van der Waals surface area contributed by atoms with E-state index in [2.05, 4.69) is 132 Å². The van der Waals surface area contributed by atoms with Gasteiger partial charge in [0.1, 0.15) is 0 Å². The molecule has 0 atom stereocenters. The van der Waals surface area contributed by atoms with E-state index < -0.39 is 15.8 Å². The third-order valence-electron chi connectivity index (χ3n) is 18.9. The molecule has 4 aromatic rings. The van der Waals surface area contributed by atoms with E-state index in [0.29, 0.717) is 0 Å². The summed E-state index contributed by atoms with van der Waals surface area (Å²) in [6.07, 6.45) is 52.4. The lowest BCUT2D eigenvalue weighted by atomic mass is 9.90. The van der Waals surface area contributed by atoms with Crippen LogP contribution >= 0.6 is 15.8 Å². The molecule has 448 valence electrons. The number of hydrogen-bond acceptors (Lipinski definition) is 0. The maximum absolute atomic E-state index is 2.89. The van der Waals surface area contributed by atoms with Crippen molar-refractivity contribution in [1.29, 1.82) is 0 Å². The molecule has 0 radical (unpaired) electrons. The lowest BCUT2D eigenvalue weighted by Crippen LogP contribution is -2.44. The molecule has 0 aromatic heterocycles. The molecule has 0 bridgehead atoms. The van der Waals surface area contributed by atoms with Gasteiger partial charge in [-0.1, -0.05) is 228 Å². The zero-order valence-corrected chi connectivity index (χ0v) is 56.8. The fourth-order valence-corrected chi connectivity index (χ4v) is 23.1. The van der Waals surface area contributed by atoms with Gasteiger partial charge in [-0.2, -0.15) is 0 Å². The van der Waals surface area contributed by atoms with Gasteiger partial charge in [-0.25, -0.2) is 0 Å². The largest absolute Gasteiger partial charge is 0.0654 e. The summed E-state index contributed by atoms with van der Waals surface area (Å²) in [6.45, 7) is 29.4. The van der Waals surface area contributed by atoms with Gasteiger partial charge in [0.2, 0.25) is 0 Å². The molecule has 0 aliphatic heterocycles. The fourth-order valence-electron chi connectivity index (χ4n) is 14.2. The van der Waals surface area contributed by atoms with Gasteiger partial charge in [-0.3, -0.25) is 0 Å². The highest BCUT2D eigenvalue weighted by Crippen LogP contribution is 2.72. The van der Waals surface area contributed by atoms with Crippen LogP contribution in [0.4, 0.5) is 0 Å². The molecule has 1 fully saturated rings. The lowest BCUT2D eigenvalue weighted by Gasteiger charge is -2.52. The summed E-state index contributed by atoms with van der Waals surface area (Å²) >= 11 is 0. The van der Waals surface area contributed by atoms with Gasteiger partial charge in [0, 0.05) is 4.90 Å². The third-order valence-corrected chi connectivity index (χ3v) is 26.3. The minimum atomic E-state index is -0.825. The molecule has 5 rings (SSSR count). The first-order chi connectivity index (χ1) is 39.3. The predicted molar refractivity (Wildman–Crippen MR) is 367 cm³/mol. The van der Waals surface area contributed by atoms with E-state index in [9.17, 15) is 0 Å². The summed E-state index contributed by atoms with van der Waals surface area (Å²) in [5.74, 6) is 0. The Hall–Kier alpha value is -2.26. The van der Waals surface area contributed by atoms with Gasteiger partial charge in [-0.15, -0.1) is 0 Å². The minimum Gasteiger partial charge on any atom is -0.0654 e. The summed E-state index contributed by atoms with van der Waals surface area (Å²) in [4.78, 5) is 0.118. The molecular weight excluding hydrogens is 999 g/mol. The van der Waals surface area contributed by atoms with Crippen LogP contribution in [-0.2, 0) is 77.0 Å². The molecule has 0 unspecified atom stereocenters. The molecule has 0 spiro atoms. The van der Waals surface area contributed by atoms with Crippen LogP contribution in [0.5, 0.6) is 0 Å². The molecule has 1 aliphatic carbocycles. The Morgan fingerprint density at radius 1 is 0.237 bits per heavy atom. The number of unbranched alkanes of at least 4 members (excludes halogenated alkanes) is 12. The Morgan fingerprint density at radius 2 is 0.425 bits per heavy atom. The second-order valence-electron chi connectivity index (χ2n) is 25.3. The van der Waals surface area contributed by atoms with Crippen molar-refractivity contribution in [1.82, 2.24) is 0 Å². The summed E-state index contributed by atoms with van der Waals surface area (Å²) in [5.41, 5.74) is 21.3. The maximum atomic E-state index is 2.89. The van der Waals surface area contributed by atoms with Crippen LogP contribution in [0, 0.1) is 0 Å². The van der Waals surface area contributed by atoms with Gasteiger partial charge in [0.15, 0.2) is 0 Å². The molecule has 80 heavy (non-hydrogen) atoms. The number of hydrogen-bond donors (Lipinski definition) is 0. The van der Waals surface area contributed by atoms with Crippen molar-refractivity contribution in [3.8, 4) is 0 Å². The second kappa shape index (κ2) is 38.6. The van der Waals surface area contributed by atoms with Crippen molar-refractivity contribution >= 4 is 37.1 Å². The van der Waals surface area contributed by atoms with Gasteiger partial charge < -0.3 is 0 Å². The standard InChI is InChI=1S/C78H126P2/c1-13-25-40-62-52-56-74(70(48-33-21-9)66(62)44-29-17-5)79(75-57-53-63(41-26-14-2)67(45-30-18-6)71(75)49-34-22-10)78(60-38-37-39-61-78)80(76-58-54-64(42-27-15-3)68(46-31-19-7)72(76)50-35-23-11)77-59-55-65(43-28-16-4)69(47-32-20-8)73(77)51-36-24-12/h52-59H,13-51,60-61H2,1-12H3. The van der Waals surface area contributed by atoms with E-state index in [1.165, 1.54) is 263 Å². The maximum Gasteiger partial charge on any atom is 0.0267 e. The Labute approximate surface area is 500 Å². The summed E-state index contributed by atoms with van der Waals surface area (Å²) in [5, 5.41) is 7.38. The third kappa shape index (κ3) is 18.4. The van der Waals surface area contributed by atoms with Gasteiger partial charge in [0.25, 0.3) is 0 Å². The number of aryl methyl sites for hydroxylation is 4. The van der Waals surface area contributed by atoms with Crippen molar-refractivity contribution < 1.29 is 0 Å². The molecule has 0 N–H and O–H groups in total. The first-order valence-electron chi connectivity index (χ1n) is 35.4. The van der Waals surface area contributed by atoms with Crippen LogP contribution in [0.1, 0.15) is 336 Å². The van der Waals surface area contributed by atoms with E-state index in [0.717, 1.165) is 0 Å². The van der Waals surface area contributed by atoms with Crippen LogP contribution in [0.15, 0.2) is 48.5 Å². The zero-order valence-electron chi connectivity index (χ0n) is 55.0. The Morgan fingerprint density at radius 3 is 0.625 bits per heavy atom. The molecule has 0 heterocycles. The van der Waals surface area contributed by atoms with Gasteiger partial charge in [0.05, 0.1) is 0 Å². The van der Waals surface area contributed by atoms with Crippen LogP contribution in [-0.4, -0.2) is 4.90 Å². The van der Waals surface area contributed by atoms with Crippen molar-refractivity contribution in [2.45, 2.75) is 351 Å². The van der Waals surface area contributed by atoms with E-state index in [1.54, 1.807) is 44.5 Å². The van der Waals surface area contributed by atoms with E-state index in [1.807, 2.05) is 43.5 Å². The molecule has 1 saturated carbocycles. The number of rotatable bonds is 42. The molecular formula is C78H126P2. The Balaban J connectivity index is 2.20. The van der Waals surface area contributed by atoms with Crippen molar-refractivity contribution in [3.63, 3.8) is 0 Å². The Kier molecular flexibility index (Phi) is 33.1. The molecule has 0 saturated heterocycles. The van der Waals surface area contributed by atoms with E-state index in [4.69, 9.17) is 0 Å². The summed E-state index contributed by atoms with van der Waals surface area (Å²) < 4.78 is 0. The van der Waals surface area contributed by atoms with Crippen LogP contribution < -0.4 is 21.2 Å². The molecule has 0 amide bonds. The van der Waals surface area contributed by atoms with Crippen LogP contribution in [0.2, 0.25) is 0 Å². The van der Waals surface area contributed by atoms with Crippen molar-refractivity contribution in [3.05, 3.63) is 115 Å². The topological polar surface area (TPSA) is 0 Å². The van der Waals surface area contributed by atoms with Gasteiger partial charge in [-0.05, 0) is 271 Å². The van der Waals surface area contributed by atoms with E-state index in [-0.39, 0.29) is 4.90 Å². The average Bonchev–Trinajstić information content (AvgIpc) is 3.66. The van der Waals surface area contributed by atoms with Crippen molar-refractivity contribution in [2.24, 2.45) is 0 Å². The fraction of sp³-hybridized carbons (Fsp3) is 0.692. The highest BCUT2D eigenvalue weighted by molar-refractivity contribution is 7.91. The SMILES string of the molecule is CCCCc1ccc(P(c2ccc(CCCC)c(CCCC)c2CCCC)C2(P(c3ccc(CCCC)c(CCCC)c3CCCC)c3ccc(CCCC)c(CCCC)c3CCCC)CCCCC2)c(CCCC)c1CCCC. The minimum absolute atomic E-state index is 0.118. The monoisotopic (exact) mass is 1120 g/mol. The zero-order chi connectivity index (χ0) is 57.5. The predicted octanol–water partition coefficient (Wildman–Crippen LogP) is 23.0. The highest BCUT2D eigenvalue weighted by Gasteiger charge is 2.51. The normalized spacial score (nSPS) is 13.6. The second-order valence-corrected chi connectivity index (χ2v) is 30.6.